The first-order valence-electron chi connectivity index (χ1n) is 10.3. The number of anilines is 3. The summed E-state index contributed by atoms with van der Waals surface area (Å²) >= 11 is 14.4. The van der Waals surface area contributed by atoms with Crippen LogP contribution in [0.2, 0.25) is 10.0 Å². The van der Waals surface area contributed by atoms with Crippen LogP contribution < -0.4 is 11.1 Å². The Bertz CT molecular complexity index is 1350. The van der Waals surface area contributed by atoms with Crippen molar-refractivity contribution in [3.8, 4) is 11.4 Å². The zero-order valence-electron chi connectivity index (χ0n) is 17.5. The Labute approximate surface area is 206 Å². The summed E-state index contributed by atoms with van der Waals surface area (Å²) in [6.07, 6.45) is -3.24. The molecule has 34 heavy (non-hydrogen) atoms. The Morgan fingerprint density at radius 2 is 1.71 bits per heavy atom. The standard InChI is InChI=1S/C22H17Cl2F3N6S/c23-14-8-11(10-33-6-1-7-33)9-15(24)16(14)18-31-19(17-20(32-18)34-21(28)30-17)29-13-4-2-12(3-5-13)22(25,26)27/h2-5,8-9H,1,6-7,10H2,(H2,28,30)(H,29,31,32). The van der Waals surface area contributed by atoms with Gasteiger partial charge in [0, 0.05) is 12.2 Å². The lowest BCUT2D eigenvalue weighted by Crippen LogP contribution is -2.36. The predicted octanol–water partition coefficient (Wildman–Crippen LogP) is 6.61. The second-order valence-corrected chi connectivity index (χ2v) is 9.69. The number of halogens is 5. The van der Waals surface area contributed by atoms with Crippen molar-refractivity contribution in [2.75, 3.05) is 24.1 Å². The minimum absolute atomic E-state index is 0.260. The molecular weight excluding hydrogens is 508 g/mol. The van der Waals surface area contributed by atoms with E-state index in [4.69, 9.17) is 28.9 Å². The number of nitrogens with zero attached hydrogens (tertiary/aromatic N) is 4. The van der Waals surface area contributed by atoms with Crippen LogP contribution in [-0.2, 0) is 12.7 Å². The van der Waals surface area contributed by atoms with Crippen molar-refractivity contribution in [3.63, 3.8) is 0 Å². The average Bonchev–Trinajstić information content (AvgIpc) is 3.10. The number of aromatic nitrogens is 3. The lowest BCUT2D eigenvalue weighted by atomic mass is 10.1. The van der Waals surface area contributed by atoms with E-state index in [1.807, 2.05) is 12.1 Å². The van der Waals surface area contributed by atoms with Gasteiger partial charge >= 0.3 is 6.18 Å². The summed E-state index contributed by atoms with van der Waals surface area (Å²) in [5.41, 5.74) is 7.38. The van der Waals surface area contributed by atoms with Gasteiger partial charge < -0.3 is 11.1 Å². The van der Waals surface area contributed by atoms with Crippen LogP contribution in [0, 0.1) is 0 Å². The van der Waals surface area contributed by atoms with Gasteiger partial charge in [0.1, 0.15) is 5.52 Å². The molecule has 3 heterocycles. The second-order valence-electron chi connectivity index (χ2n) is 7.87. The van der Waals surface area contributed by atoms with Gasteiger partial charge in [-0.25, -0.2) is 15.0 Å². The van der Waals surface area contributed by atoms with Crippen LogP contribution in [0.3, 0.4) is 0 Å². The quantitative estimate of drug-likeness (QED) is 0.305. The van der Waals surface area contributed by atoms with E-state index in [0.29, 0.717) is 31.6 Å². The Morgan fingerprint density at radius 1 is 1.03 bits per heavy atom. The molecule has 0 aliphatic carbocycles. The molecule has 6 nitrogen and oxygen atoms in total. The van der Waals surface area contributed by atoms with E-state index in [0.717, 1.165) is 48.7 Å². The highest BCUT2D eigenvalue weighted by molar-refractivity contribution is 7.21. The van der Waals surface area contributed by atoms with Crippen molar-refractivity contribution in [1.82, 2.24) is 19.9 Å². The highest BCUT2D eigenvalue weighted by atomic mass is 35.5. The number of nitrogens with two attached hydrogens (primary N) is 1. The molecule has 4 aromatic rings. The third-order valence-corrected chi connectivity index (χ3v) is 6.81. The molecule has 3 N–H and O–H groups in total. The third-order valence-electron chi connectivity index (χ3n) is 5.43. The number of hydrogen-bond donors (Lipinski definition) is 2. The summed E-state index contributed by atoms with van der Waals surface area (Å²) < 4.78 is 38.7. The van der Waals surface area contributed by atoms with Crippen molar-refractivity contribution in [2.24, 2.45) is 0 Å². The van der Waals surface area contributed by atoms with Crippen LogP contribution in [-0.4, -0.2) is 32.9 Å². The summed E-state index contributed by atoms with van der Waals surface area (Å²) in [6.45, 7) is 2.84. The summed E-state index contributed by atoms with van der Waals surface area (Å²) in [5, 5.41) is 4.10. The third kappa shape index (κ3) is 4.63. The minimum atomic E-state index is -4.42. The molecule has 5 rings (SSSR count). The van der Waals surface area contributed by atoms with Gasteiger partial charge in [0.25, 0.3) is 0 Å². The highest BCUT2D eigenvalue weighted by Crippen LogP contribution is 2.38. The first kappa shape index (κ1) is 23.1. The normalized spacial score (nSPS) is 14.4. The van der Waals surface area contributed by atoms with Gasteiger partial charge in [-0.2, -0.15) is 13.2 Å². The summed E-state index contributed by atoms with van der Waals surface area (Å²) in [6, 6.07) is 8.30. The van der Waals surface area contributed by atoms with Crippen molar-refractivity contribution in [2.45, 2.75) is 19.1 Å². The Kier molecular flexibility index (Phi) is 6.01. The topological polar surface area (TPSA) is 80.0 Å². The number of likely N-dealkylation sites (tertiary alicyclic amines) is 1. The molecule has 0 amide bonds. The fourth-order valence-corrected chi connectivity index (χ4v) is 5.05. The maximum Gasteiger partial charge on any atom is 0.416 e. The molecule has 1 saturated heterocycles. The predicted molar refractivity (Wildman–Crippen MR) is 130 cm³/mol. The molecule has 2 aromatic heterocycles. The molecule has 0 saturated carbocycles. The number of fused-ring (bicyclic) bond motifs is 1. The minimum Gasteiger partial charge on any atom is -0.375 e. The van der Waals surface area contributed by atoms with Crippen molar-refractivity contribution in [1.29, 1.82) is 0 Å². The largest absolute Gasteiger partial charge is 0.416 e. The Hall–Kier alpha value is -2.66. The smallest absolute Gasteiger partial charge is 0.375 e. The van der Waals surface area contributed by atoms with Gasteiger partial charge in [0.2, 0.25) is 0 Å². The van der Waals surface area contributed by atoms with Crippen LogP contribution in [0.25, 0.3) is 21.7 Å². The van der Waals surface area contributed by atoms with E-state index in [-0.39, 0.29) is 16.8 Å². The van der Waals surface area contributed by atoms with E-state index in [1.54, 1.807) is 0 Å². The number of hydrogen-bond acceptors (Lipinski definition) is 7. The SMILES string of the molecule is Nc1nc2c(Nc3ccc(C(F)(F)F)cc3)nc(-c3c(Cl)cc(CN4CCC4)cc3Cl)nc2s1. The van der Waals surface area contributed by atoms with E-state index < -0.39 is 11.7 Å². The zero-order chi connectivity index (χ0) is 24.0. The number of benzene rings is 2. The van der Waals surface area contributed by atoms with Crippen LogP contribution in [0.15, 0.2) is 36.4 Å². The summed E-state index contributed by atoms with van der Waals surface area (Å²) in [5.74, 6) is 0.542. The molecule has 0 bridgehead atoms. The van der Waals surface area contributed by atoms with Crippen LogP contribution in [0.1, 0.15) is 17.5 Å². The van der Waals surface area contributed by atoms with Crippen molar-refractivity contribution >= 4 is 61.5 Å². The van der Waals surface area contributed by atoms with E-state index in [1.165, 1.54) is 18.6 Å². The fraction of sp³-hybridized carbons (Fsp3) is 0.227. The van der Waals surface area contributed by atoms with Gasteiger partial charge in [0.15, 0.2) is 21.6 Å². The van der Waals surface area contributed by atoms with Crippen molar-refractivity contribution < 1.29 is 13.2 Å². The van der Waals surface area contributed by atoms with Gasteiger partial charge in [0.05, 0.1) is 21.2 Å². The number of thiazole rings is 1. The highest BCUT2D eigenvalue weighted by Gasteiger charge is 2.30. The molecule has 0 atom stereocenters. The van der Waals surface area contributed by atoms with E-state index >= 15 is 0 Å². The first-order valence-corrected chi connectivity index (χ1v) is 11.8. The number of rotatable bonds is 5. The molecule has 0 spiro atoms. The van der Waals surface area contributed by atoms with Crippen molar-refractivity contribution in [3.05, 3.63) is 57.6 Å². The molecular formula is C22H17Cl2F3N6S. The average molecular weight is 525 g/mol. The van der Waals surface area contributed by atoms with Gasteiger partial charge in [-0.1, -0.05) is 34.5 Å². The second kappa shape index (κ2) is 8.84. The van der Waals surface area contributed by atoms with Gasteiger partial charge in [-0.05, 0) is 61.5 Å². The molecule has 0 unspecified atom stereocenters. The molecule has 0 radical (unpaired) electrons. The number of nitrogens with one attached hydrogen (secondary N) is 1. The van der Waals surface area contributed by atoms with Crippen LogP contribution >= 0.6 is 34.5 Å². The molecule has 1 aliphatic rings. The Morgan fingerprint density at radius 3 is 2.29 bits per heavy atom. The van der Waals surface area contributed by atoms with Crippen LogP contribution in [0.5, 0.6) is 0 Å². The fourth-order valence-electron chi connectivity index (χ4n) is 3.65. The first-order chi connectivity index (χ1) is 16.2. The molecule has 2 aromatic carbocycles. The maximum atomic E-state index is 12.9. The molecule has 12 heteroatoms. The molecule has 176 valence electrons. The summed E-state index contributed by atoms with van der Waals surface area (Å²) in [7, 11) is 0. The van der Waals surface area contributed by atoms with Gasteiger partial charge in [-0.3, -0.25) is 4.90 Å². The van der Waals surface area contributed by atoms with Crippen LogP contribution in [0.4, 0.5) is 29.8 Å². The van der Waals surface area contributed by atoms with E-state index in [2.05, 4.69) is 25.2 Å². The Balaban J connectivity index is 1.53. The van der Waals surface area contributed by atoms with E-state index in [9.17, 15) is 13.2 Å². The molecule has 1 fully saturated rings. The summed E-state index contributed by atoms with van der Waals surface area (Å²) in [4.78, 5) is 16.2. The zero-order valence-corrected chi connectivity index (χ0v) is 19.8. The lowest BCUT2D eigenvalue weighted by Gasteiger charge is -2.30. The van der Waals surface area contributed by atoms with Gasteiger partial charge in [-0.15, -0.1) is 0 Å². The number of alkyl halides is 3. The number of nitrogen functional groups attached to an aromatic ring is 1. The maximum absolute atomic E-state index is 12.9. The lowest BCUT2D eigenvalue weighted by molar-refractivity contribution is -0.137. The molecule has 1 aliphatic heterocycles. The monoisotopic (exact) mass is 524 g/mol.